The highest BCUT2D eigenvalue weighted by atomic mass is 16.5. The molecule has 3 aromatic carbocycles. The molecule has 5 heteroatoms. The number of benzene rings is 3. The Morgan fingerprint density at radius 2 is 1.63 bits per heavy atom. The van der Waals surface area contributed by atoms with Crippen molar-refractivity contribution in [2.24, 2.45) is 0 Å². The summed E-state index contributed by atoms with van der Waals surface area (Å²) >= 11 is 0. The number of aromatic amines is 1. The summed E-state index contributed by atoms with van der Waals surface area (Å²) in [5.74, 6) is 2.53. The summed E-state index contributed by atoms with van der Waals surface area (Å²) in [6, 6.07) is 25.2. The lowest BCUT2D eigenvalue weighted by atomic mass is 9.84. The molecule has 174 valence electrons. The second-order valence-corrected chi connectivity index (χ2v) is 9.82. The van der Waals surface area contributed by atoms with Crippen LogP contribution in [0.25, 0.3) is 17.0 Å². The number of aromatic hydroxyl groups is 1. The molecule has 2 atom stereocenters. The predicted molar refractivity (Wildman–Crippen MR) is 136 cm³/mol. The van der Waals surface area contributed by atoms with Gasteiger partial charge in [-0.2, -0.15) is 0 Å². The first-order valence-corrected chi connectivity index (χ1v) is 12.4. The van der Waals surface area contributed by atoms with Crippen molar-refractivity contribution in [1.82, 2.24) is 14.9 Å². The maximum atomic E-state index is 10.5. The van der Waals surface area contributed by atoms with Gasteiger partial charge in [0.1, 0.15) is 11.6 Å². The number of nitrogens with zero attached hydrogens (tertiary/aromatic N) is 2. The number of aromatic nitrogens is 2. The molecule has 2 N–H and O–H groups in total. The molecule has 0 aliphatic carbocycles. The van der Waals surface area contributed by atoms with Gasteiger partial charge in [0.2, 0.25) is 0 Å². The fraction of sp³-hybridized carbons (Fsp3) is 0.233. The summed E-state index contributed by atoms with van der Waals surface area (Å²) in [6.45, 7) is 0.898. The van der Waals surface area contributed by atoms with E-state index in [-0.39, 0.29) is 5.75 Å². The third kappa shape index (κ3) is 3.46. The topological polar surface area (TPSA) is 61.4 Å². The number of hydrogen-bond donors (Lipinski definition) is 2. The molecule has 0 spiro atoms. The lowest BCUT2D eigenvalue weighted by Gasteiger charge is -2.37. The Balaban J connectivity index is 1.21. The smallest absolute Gasteiger partial charge is 0.176 e. The lowest BCUT2D eigenvalue weighted by Crippen LogP contribution is -2.40. The van der Waals surface area contributed by atoms with Crippen LogP contribution in [0.15, 0.2) is 84.6 Å². The van der Waals surface area contributed by atoms with Gasteiger partial charge in [0.15, 0.2) is 11.5 Å². The van der Waals surface area contributed by atoms with E-state index in [0.29, 0.717) is 17.8 Å². The normalized spacial score (nSPS) is 20.9. The molecule has 2 bridgehead atoms. The summed E-state index contributed by atoms with van der Waals surface area (Å²) in [4.78, 5) is 10.9. The van der Waals surface area contributed by atoms with E-state index in [2.05, 4.69) is 45.2 Å². The molecule has 7 rings (SSSR count). The number of rotatable bonds is 3. The number of phenols is 1. The molecule has 35 heavy (non-hydrogen) atoms. The minimum atomic E-state index is 0.198. The zero-order chi connectivity index (χ0) is 23.4. The summed E-state index contributed by atoms with van der Waals surface area (Å²) in [6.07, 6.45) is 6.49. The minimum Gasteiger partial charge on any atom is -0.504 e. The van der Waals surface area contributed by atoms with Crippen LogP contribution in [-0.2, 0) is 6.54 Å². The van der Waals surface area contributed by atoms with Crippen molar-refractivity contribution in [3.63, 3.8) is 0 Å². The van der Waals surface area contributed by atoms with E-state index in [1.165, 1.54) is 29.7 Å². The number of imidazole rings is 1. The number of ether oxygens (including phenoxy) is 1. The Kier molecular flexibility index (Phi) is 4.77. The number of para-hydroxylation sites is 2. The van der Waals surface area contributed by atoms with Crippen LogP contribution in [0.1, 0.15) is 42.5 Å². The molecule has 0 radical (unpaired) electrons. The summed E-state index contributed by atoms with van der Waals surface area (Å²) < 4.78 is 6.13. The van der Waals surface area contributed by atoms with Crippen LogP contribution in [0.3, 0.4) is 0 Å². The summed E-state index contributed by atoms with van der Waals surface area (Å²) in [5.41, 5.74) is 7.16. The zero-order valence-corrected chi connectivity index (χ0v) is 19.4. The molecule has 3 aliphatic heterocycles. The van der Waals surface area contributed by atoms with E-state index < -0.39 is 0 Å². The van der Waals surface area contributed by atoms with Crippen LogP contribution in [-0.4, -0.2) is 32.1 Å². The number of H-pyrrole nitrogens is 1. The first-order chi connectivity index (χ1) is 17.2. The van der Waals surface area contributed by atoms with Crippen LogP contribution >= 0.6 is 0 Å². The third-order valence-corrected chi connectivity index (χ3v) is 7.75. The molecule has 4 heterocycles. The Morgan fingerprint density at radius 1 is 0.886 bits per heavy atom. The Morgan fingerprint density at radius 3 is 2.46 bits per heavy atom. The Hall–Kier alpha value is -3.83. The van der Waals surface area contributed by atoms with Gasteiger partial charge in [0.25, 0.3) is 0 Å². The van der Waals surface area contributed by atoms with Crippen molar-refractivity contribution < 1.29 is 9.84 Å². The lowest BCUT2D eigenvalue weighted by molar-refractivity contribution is 0.156. The van der Waals surface area contributed by atoms with Crippen molar-refractivity contribution in [2.45, 2.75) is 44.3 Å². The molecular weight excluding hydrogens is 434 g/mol. The molecule has 0 amide bonds. The van der Waals surface area contributed by atoms with E-state index in [1.807, 2.05) is 42.6 Å². The van der Waals surface area contributed by atoms with Crippen LogP contribution in [0.2, 0.25) is 0 Å². The molecule has 2 fully saturated rings. The number of phenolic OH excluding ortho intramolecular Hbond substituents is 1. The molecule has 1 aromatic heterocycles. The number of fused-ring (bicyclic) bond motifs is 4. The average Bonchev–Trinajstić information content (AvgIpc) is 3.44. The van der Waals surface area contributed by atoms with E-state index in [0.717, 1.165) is 47.7 Å². The monoisotopic (exact) mass is 461 g/mol. The minimum absolute atomic E-state index is 0.198. The van der Waals surface area contributed by atoms with E-state index >= 15 is 0 Å². The van der Waals surface area contributed by atoms with Crippen LogP contribution < -0.4 is 4.74 Å². The largest absolute Gasteiger partial charge is 0.504 e. The molecule has 2 saturated heterocycles. The van der Waals surface area contributed by atoms with Crippen molar-refractivity contribution in [3.05, 3.63) is 101 Å². The molecule has 5 nitrogen and oxygen atoms in total. The molecule has 3 aliphatic rings. The SMILES string of the molecule is Oc1cccc2c1Oc1ccccc1C2=C1CC2CCC(C1)N2Cc1cnc(-c2ccccc2)[nH]1. The average molecular weight is 462 g/mol. The van der Waals surface area contributed by atoms with Gasteiger partial charge in [-0.25, -0.2) is 4.98 Å². The highest BCUT2D eigenvalue weighted by molar-refractivity contribution is 5.91. The Bertz CT molecular complexity index is 1420. The van der Waals surface area contributed by atoms with Gasteiger partial charge in [-0.05, 0) is 43.4 Å². The zero-order valence-electron chi connectivity index (χ0n) is 19.4. The van der Waals surface area contributed by atoms with Gasteiger partial charge >= 0.3 is 0 Å². The first kappa shape index (κ1) is 20.5. The molecular formula is C30H27N3O2. The number of hydrogen-bond acceptors (Lipinski definition) is 4. The van der Waals surface area contributed by atoms with E-state index in [1.54, 1.807) is 6.07 Å². The van der Waals surface area contributed by atoms with Gasteiger partial charge in [-0.15, -0.1) is 0 Å². The number of piperidine rings is 1. The van der Waals surface area contributed by atoms with Gasteiger partial charge < -0.3 is 14.8 Å². The quantitative estimate of drug-likeness (QED) is 0.321. The van der Waals surface area contributed by atoms with Crippen LogP contribution in [0, 0.1) is 0 Å². The highest BCUT2D eigenvalue weighted by Gasteiger charge is 2.40. The maximum Gasteiger partial charge on any atom is 0.176 e. The van der Waals surface area contributed by atoms with Gasteiger partial charge in [0, 0.05) is 47.2 Å². The van der Waals surface area contributed by atoms with Crippen molar-refractivity contribution in [1.29, 1.82) is 0 Å². The van der Waals surface area contributed by atoms with Gasteiger partial charge in [-0.1, -0.05) is 66.2 Å². The van der Waals surface area contributed by atoms with Crippen molar-refractivity contribution in [2.75, 3.05) is 0 Å². The maximum absolute atomic E-state index is 10.5. The second kappa shape index (κ2) is 8.14. The number of nitrogens with one attached hydrogen (secondary N) is 1. The van der Waals surface area contributed by atoms with Crippen molar-refractivity contribution in [3.8, 4) is 28.6 Å². The third-order valence-electron chi connectivity index (χ3n) is 7.75. The van der Waals surface area contributed by atoms with E-state index in [9.17, 15) is 5.11 Å². The molecule has 0 saturated carbocycles. The van der Waals surface area contributed by atoms with Gasteiger partial charge in [0.05, 0.1) is 0 Å². The fourth-order valence-corrected chi connectivity index (χ4v) is 6.17. The van der Waals surface area contributed by atoms with Crippen LogP contribution in [0.5, 0.6) is 17.2 Å². The second-order valence-electron chi connectivity index (χ2n) is 9.82. The molecule has 2 unspecified atom stereocenters. The summed E-state index contributed by atoms with van der Waals surface area (Å²) in [7, 11) is 0. The predicted octanol–water partition coefficient (Wildman–Crippen LogP) is 6.52. The first-order valence-electron chi connectivity index (χ1n) is 12.4. The van der Waals surface area contributed by atoms with Gasteiger partial charge in [-0.3, -0.25) is 4.90 Å². The summed E-state index contributed by atoms with van der Waals surface area (Å²) in [5, 5.41) is 10.5. The molecule has 4 aromatic rings. The van der Waals surface area contributed by atoms with E-state index in [4.69, 9.17) is 4.74 Å². The standard InChI is InChI=1S/C30H27N3O2/c34-26-11-6-10-25-28(24-9-4-5-12-27(24)35-29(25)26)20-15-22-13-14-23(16-20)33(22)18-21-17-31-30(32-21)19-7-2-1-3-8-19/h1-12,17,22-23,34H,13-16,18H2,(H,31,32). The highest BCUT2D eigenvalue weighted by Crippen LogP contribution is 2.51. The fourth-order valence-electron chi connectivity index (χ4n) is 6.17. The van der Waals surface area contributed by atoms with Crippen molar-refractivity contribution >= 4 is 5.57 Å². The van der Waals surface area contributed by atoms with Crippen LogP contribution in [0.4, 0.5) is 0 Å². The Labute approximate surface area is 204 Å².